The van der Waals surface area contributed by atoms with E-state index in [4.69, 9.17) is 5.73 Å². The molecule has 1 atom stereocenters. The maximum Gasteiger partial charge on any atom is 0.192 e. The van der Waals surface area contributed by atoms with Crippen LogP contribution in [-0.2, 0) is 5.54 Å². The molecular weight excluding hydrogens is 290 g/mol. The van der Waals surface area contributed by atoms with E-state index in [0.29, 0.717) is 5.96 Å². The van der Waals surface area contributed by atoms with Crippen LogP contribution in [0.1, 0.15) is 25.3 Å². The van der Waals surface area contributed by atoms with Gasteiger partial charge in [0.05, 0.1) is 12.1 Å². The molecule has 0 spiro atoms. The molecule has 2 N–H and O–H groups in total. The molecule has 4 heteroatoms. The normalized spacial score (nSPS) is 27.4. The first-order valence-corrected chi connectivity index (χ1v) is 7.22. The van der Waals surface area contributed by atoms with E-state index in [-0.39, 0.29) is 5.54 Å². The molecule has 0 amide bonds. The zero-order valence-corrected chi connectivity index (χ0v) is 12.2. The quantitative estimate of drug-likeness (QED) is 0.933. The third-order valence-electron chi connectivity index (χ3n) is 4.01. The van der Waals surface area contributed by atoms with Crippen LogP contribution in [0.3, 0.4) is 0 Å². The predicted molar refractivity (Wildman–Crippen MR) is 77.4 cm³/mol. The van der Waals surface area contributed by atoms with E-state index < -0.39 is 0 Å². The summed E-state index contributed by atoms with van der Waals surface area (Å²) in [4.78, 5) is 6.75. The summed E-state index contributed by atoms with van der Waals surface area (Å²) in [6, 6.07) is 8.47. The number of nitrogens with two attached hydrogens (primary N) is 1. The second-order valence-electron chi connectivity index (χ2n) is 5.51. The summed E-state index contributed by atoms with van der Waals surface area (Å²) in [6.07, 6.45) is 2.66. The molecule has 1 aliphatic carbocycles. The van der Waals surface area contributed by atoms with Gasteiger partial charge in [-0.05, 0) is 43.4 Å². The highest BCUT2D eigenvalue weighted by Crippen LogP contribution is 2.38. The van der Waals surface area contributed by atoms with Crippen molar-refractivity contribution in [2.45, 2.75) is 25.3 Å². The molecule has 0 bridgehead atoms. The van der Waals surface area contributed by atoms with Crippen molar-refractivity contribution in [3.8, 4) is 0 Å². The van der Waals surface area contributed by atoms with Crippen LogP contribution in [0.5, 0.6) is 0 Å². The van der Waals surface area contributed by atoms with Crippen molar-refractivity contribution in [2.75, 3.05) is 13.1 Å². The number of nitrogens with zero attached hydrogens (tertiary/aromatic N) is 2. The van der Waals surface area contributed by atoms with Gasteiger partial charge in [0.1, 0.15) is 0 Å². The van der Waals surface area contributed by atoms with Crippen LogP contribution in [-0.4, -0.2) is 23.9 Å². The number of guanidine groups is 1. The number of halogens is 1. The monoisotopic (exact) mass is 307 g/mol. The fourth-order valence-corrected chi connectivity index (χ4v) is 2.98. The van der Waals surface area contributed by atoms with E-state index >= 15 is 0 Å². The van der Waals surface area contributed by atoms with Gasteiger partial charge in [-0.3, -0.25) is 4.99 Å². The molecule has 3 rings (SSSR count). The molecule has 1 aromatic carbocycles. The molecule has 18 heavy (non-hydrogen) atoms. The van der Waals surface area contributed by atoms with Crippen LogP contribution >= 0.6 is 15.9 Å². The minimum absolute atomic E-state index is 0.0869. The van der Waals surface area contributed by atoms with Crippen molar-refractivity contribution in [2.24, 2.45) is 16.6 Å². The average molecular weight is 308 g/mol. The van der Waals surface area contributed by atoms with Gasteiger partial charge < -0.3 is 10.6 Å². The lowest BCUT2D eigenvalue weighted by molar-refractivity contribution is 0.217. The standard InChI is InChI=1S/C14H18BrN3/c1-14(11-3-2-4-12(15)7-11)9-17-13(16)18(14)8-10-5-6-10/h2-4,7,10H,5-6,8-9H2,1H3,(H2,16,17). The zero-order chi connectivity index (χ0) is 12.8. The van der Waals surface area contributed by atoms with Gasteiger partial charge in [0.2, 0.25) is 0 Å². The Morgan fingerprint density at radius 2 is 2.28 bits per heavy atom. The van der Waals surface area contributed by atoms with Crippen LogP contribution in [0.25, 0.3) is 0 Å². The van der Waals surface area contributed by atoms with Crippen molar-refractivity contribution in [3.63, 3.8) is 0 Å². The van der Waals surface area contributed by atoms with Crippen LogP contribution in [0.15, 0.2) is 33.7 Å². The highest BCUT2D eigenvalue weighted by molar-refractivity contribution is 9.10. The molecule has 96 valence electrons. The third kappa shape index (κ3) is 2.03. The van der Waals surface area contributed by atoms with Gasteiger partial charge in [-0.1, -0.05) is 28.1 Å². The topological polar surface area (TPSA) is 41.6 Å². The number of hydrogen-bond acceptors (Lipinski definition) is 3. The van der Waals surface area contributed by atoms with E-state index in [0.717, 1.165) is 23.5 Å². The Hall–Kier alpha value is -1.03. The summed E-state index contributed by atoms with van der Waals surface area (Å²) in [5.74, 6) is 1.51. The lowest BCUT2D eigenvalue weighted by Gasteiger charge is -2.37. The molecule has 1 saturated carbocycles. The maximum absolute atomic E-state index is 6.07. The van der Waals surface area contributed by atoms with Crippen molar-refractivity contribution in [1.29, 1.82) is 0 Å². The fourth-order valence-electron chi connectivity index (χ4n) is 2.58. The molecular formula is C14H18BrN3. The van der Waals surface area contributed by atoms with Crippen LogP contribution in [0.2, 0.25) is 0 Å². The Kier molecular flexibility index (Phi) is 2.85. The summed E-state index contributed by atoms with van der Waals surface area (Å²) < 4.78 is 1.11. The number of aliphatic imine (C=N–C) groups is 1. The molecule has 0 radical (unpaired) electrons. The first kappa shape index (κ1) is 12.0. The largest absolute Gasteiger partial charge is 0.370 e. The second-order valence-corrected chi connectivity index (χ2v) is 6.43. The molecule has 1 aliphatic heterocycles. The third-order valence-corrected chi connectivity index (χ3v) is 4.50. The van der Waals surface area contributed by atoms with Gasteiger partial charge in [0, 0.05) is 11.0 Å². The van der Waals surface area contributed by atoms with Gasteiger partial charge in [0.15, 0.2) is 5.96 Å². The highest BCUT2D eigenvalue weighted by Gasteiger charge is 2.41. The zero-order valence-electron chi connectivity index (χ0n) is 10.6. The van der Waals surface area contributed by atoms with Crippen molar-refractivity contribution in [3.05, 3.63) is 34.3 Å². The minimum atomic E-state index is -0.0869. The van der Waals surface area contributed by atoms with Crippen molar-refractivity contribution in [1.82, 2.24) is 4.90 Å². The van der Waals surface area contributed by atoms with Gasteiger partial charge in [0.25, 0.3) is 0 Å². The molecule has 1 unspecified atom stereocenters. The summed E-state index contributed by atoms with van der Waals surface area (Å²) in [6.45, 7) is 4.03. The van der Waals surface area contributed by atoms with E-state index in [1.165, 1.54) is 18.4 Å². The molecule has 1 fully saturated rings. The Morgan fingerprint density at radius 1 is 1.50 bits per heavy atom. The summed E-state index contributed by atoms with van der Waals surface area (Å²) in [5.41, 5.74) is 7.26. The van der Waals surface area contributed by atoms with Gasteiger partial charge >= 0.3 is 0 Å². The van der Waals surface area contributed by atoms with E-state index in [9.17, 15) is 0 Å². The number of benzene rings is 1. The van der Waals surface area contributed by atoms with E-state index in [1.807, 2.05) is 0 Å². The Morgan fingerprint density at radius 3 is 2.94 bits per heavy atom. The summed E-state index contributed by atoms with van der Waals surface area (Å²) in [5, 5.41) is 0. The molecule has 1 aromatic rings. The molecule has 3 nitrogen and oxygen atoms in total. The maximum atomic E-state index is 6.07. The predicted octanol–water partition coefficient (Wildman–Crippen LogP) is 2.70. The first-order valence-electron chi connectivity index (χ1n) is 6.43. The Balaban J connectivity index is 1.92. The summed E-state index contributed by atoms with van der Waals surface area (Å²) >= 11 is 3.54. The molecule has 1 heterocycles. The van der Waals surface area contributed by atoms with Gasteiger partial charge in [-0.2, -0.15) is 0 Å². The van der Waals surface area contributed by atoms with E-state index in [1.54, 1.807) is 0 Å². The van der Waals surface area contributed by atoms with Gasteiger partial charge in [-0.25, -0.2) is 0 Å². The second kappa shape index (κ2) is 4.26. The molecule has 2 aliphatic rings. The smallest absolute Gasteiger partial charge is 0.192 e. The van der Waals surface area contributed by atoms with Crippen LogP contribution < -0.4 is 5.73 Å². The highest BCUT2D eigenvalue weighted by atomic mass is 79.9. The van der Waals surface area contributed by atoms with E-state index in [2.05, 4.69) is 57.0 Å². The van der Waals surface area contributed by atoms with Crippen molar-refractivity contribution >= 4 is 21.9 Å². The Bertz CT molecular complexity index is 496. The number of hydrogen-bond donors (Lipinski definition) is 1. The SMILES string of the molecule is CC1(c2cccc(Br)c2)CN=C(N)N1CC1CC1. The minimum Gasteiger partial charge on any atom is -0.370 e. The lowest BCUT2D eigenvalue weighted by Crippen LogP contribution is -2.48. The molecule has 0 aromatic heterocycles. The average Bonchev–Trinajstić information content (AvgIpc) is 3.12. The number of rotatable bonds is 3. The fraction of sp³-hybridized carbons (Fsp3) is 0.500. The summed E-state index contributed by atoms with van der Waals surface area (Å²) in [7, 11) is 0. The first-order chi connectivity index (χ1) is 8.59. The van der Waals surface area contributed by atoms with Gasteiger partial charge in [-0.15, -0.1) is 0 Å². The Labute approximate surface area is 116 Å². The lowest BCUT2D eigenvalue weighted by atomic mass is 9.91. The molecule has 0 saturated heterocycles. The van der Waals surface area contributed by atoms with Crippen LogP contribution in [0.4, 0.5) is 0 Å². The van der Waals surface area contributed by atoms with Crippen molar-refractivity contribution < 1.29 is 0 Å². The van der Waals surface area contributed by atoms with Crippen LogP contribution in [0, 0.1) is 5.92 Å².